The minimum absolute atomic E-state index is 0.0672. The van der Waals surface area contributed by atoms with Crippen LogP contribution in [0.5, 0.6) is 5.75 Å². The highest BCUT2D eigenvalue weighted by Gasteiger charge is 2.30. The highest BCUT2D eigenvalue weighted by Crippen LogP contribution is 2.35. The molecule has 0 aliphatic heterocycles. The lowest BCUT2D eigenvalue weighted by Gasteiger charge is -2.27. The maximum Gasteiger partial charge on any atom is 0.264 e. The van der Waals surface area contributed by atoms with Crippen LogP contribution in [0.2, 0.25) is 5.02 Å². The lowest BCUT2D eigenvalue weighted by Crippen LogP contribution is -2.41. The number of ether oxygens (including phenoxy) is 1. The van der Waals surface area contributed by atoms with Crippen molar-refractivity contribution in [2.24, 2.45) is 0 Å². The van der Waals surface area contributed by atoms with Gasteiger partial charge in [0.1, 0.15) is 12.3 Å². The Morgan fingerprint density at radius 1 is 1.03 bits per heavy atom. The Kier molecular flexibility index (Phi) is 7.67. The van der Waals surface area contributed by atoms with Crippen molar-refractivity contribution < 1.29 is 17.9 Å². The predicted molar refractivity (Wildman–Crippen MR) is 139 cm³/mol. The number of halogens is 1. The summed E-state index contributed by atoms with van der Waals surface area (Å²) in [6.07, 6.45) is 4.51. The third-order valence-electron chi connectivity index (χ3n) is 6.28. The zero-order valence-corrected chi connectivity index (χ0v) is 21.4. The van der Waals surface area contributed by atoms with Crippen LogP contribution in [0.4, 0.5) is 5.69 Å². The molecule has 0 aromatic heterocycles. The molecule has 1 aliphatic rings. The molecule has 3 aromatic carbocycles. The monoisotopic (exact) mass is 512 g/mol. The first-order chi connectivity index (χ1) is 16.8. The summed E-state index contributed by atoms with van der Waals surface area (Å²) in [6, 6.07) is 18.7. The van der Waals surface area contributed by atoms with Gasteiger partial charge in [0.25, 0.3) is 10.0 Å². The molecule has 0 unspecified atom stereocenters. The summed E-state index contributed by atoms with van der Waals surface area (Å²) in [6.45, 7) is 1.47. The fraction of sp³-hybridized carbons (Fsp3) is 0.296. The smallest absolute Gasteiger partial charge is 0.264 e. The van der Waals surface area contributed by atoms with Gasteiger partial charge in [-0.15, -0.1) is 0 Å². The van der Waals surface area contributed by atoms with E-state index in [-0.39, 0.29) is 16.6 Å². The van der Waals surface area contributed by atoms with Crippen molar-refractivity contribution >= 4 is 33.2 Å². The van der Waals surface area contributed by atoms with E-state index in [1.807, 2.05) is 13.0 Å². The summed E-state index contributed by atoms with van der Waals surface area (Å²) in [4.78, 5) is 13.2. The maximum absolute atomic E-state index is 13.6. The molecule has 0 saturated carbocycles. The van der Waals surface area contributed by atoms with Crippen LogP contribution in [0.25, 0.3) is 0 Å². The number of aryl methyl sites for hydroxylation is 2. The van der Waals surface area contributed by atoms with Gasteiger partial charge >= 0.3 is 0 Å². The zero-order chi connectivity index (χ0) is 25.0. The fourth-order valence-electron chi connectivity index (χ4n) is 4.40. The third-order valence-corrected chi connectivity index (χ3v) is 8.29. The van der Waals surface area contributed by atoms with Crippen LogP contribution in [-0.4, -0.2) is 28.0 Å². The number of hydrogen-bond donors (Lipinski definition) is 1. The molecule has 6 nitrogen and oxygen atoms in total. The Morgan fingerprint density at radius 3 is 2.46 bits per heavy atom. The van der Waals surface area contributed by atoms with Gasteiger partial charge in [-0.3, -0.25) is 9.10 Å². The first-order valence-corrected chi connectivity index (χ1v) is 13.4. The highest BCUT2D eigenvalue weighted by atomic mass is 35.5. The van der Waals surface area contributed by atoms with Crippen molar-refractivity contribution in [2.75, 3.05) is 18.0 Å². The number of rotatable bonds is 8. The second-order valence-corrected chi connectivity index (χ2v) is 11.0. The Bertz CT molecular complexity index is 1310. The van der Waals surface area contributed by atoms with E-state index >= 15 is 0 Å². The summed E-state index contributed by atoms with van der Waals surface area (Å²) in [5.41, 5.74) is 3.88. The van der Waals surface area contributed by atoms with Crippen LogP contribution in [0.1, 0.15) is 42.5 Å². The number of benzene rings is 3. The van der Waals surface area contributed by atoms with E-state index in [1.54, 1.807) is 30.3 Å². The molecule has 0 spiro atoms. The lowest BCUT2D eigenvalue weighted by atomic mass is 9.89. The molecular formula is C27H29ClN2O4S. The fourth-order valence-corrected chi connectivity index (χ4v) is 6.01. The second-order valence-electron chi connectivity index (χ2n) is 8.67. The zero-order valence-electron chi connectivity index (χ0n) is 19.8. The molecule has 8 heteroatoms. The second kappa shape index (κ2) is 10.7. The van der Waals surface area contributed by atoms with Gasteiger partial charge in [0, 0.05) is 5.02 Å². The van der Waals surface area contributed by atoms with Gasteiger partial charge in [-0.1, -0.05) is 48.0 Å². The van der Waals surface area contributed by atoms with Crippen LogP contribution in [0, 0.1) is 0 Å². The van der Waals surface area contributed by atoms with Crippen LogP contribution in [0.15, 0.2) is 71.6 Å². The molecule has 1 aliphatic carbocycles. The average Bonchev–Trinajstić information content (AvgIpc) is 2.87. The summed E-state index contributed by atoms with van der Waals surface area (Å²) in [5.74, 6) is -0.138. The number of nitrogens with zero attached hydrogens (tertiary/aromatic N) is 1. The molecule has 184 valence electrons. The molecule has 1 atom stereocenters. The summed E-state index contributed by atoms with van der Waals surface area (Å²) in [5, 5.41) is 3.29. The van der Waals surface area contributed by atoms with Gasteiger partial charge in [-0.2, -0.15) is 0 Å². The third kappa shape index (κ3) is 5.63. The number of hydrogen-bond acceptors (Lipinski definition) is 4. The number of carbonyl (C=O) groups is 1. The van der Waals surface area contributed by atoms with Gasteiger partial charge in [0.15, 0.2) is 0 Å². The Morgan fingerprint density at radius 2 is 1.74 bits per heavy atom. The van der Waals surface area contributed by atoms with Crippen LogP contribution >= 0.6 is 11.6 Å². The quantitative estimate of drug-likeness (QED) is 0.444. The van der Waals surface area contributed by atoms with Crippen molar-refractivity contribution in [3.8, 4) is 5.75 Å². The normalized spacial score (nSPS) is 14.0. The van der Waals surface area contributed by atoms with E-state index in [0.29, 0.717) is 10.8 Å². The van der Waals surface area contributed by atoms with E-state index in [9.17, 15) is 13.2 Å². The molecule has 1 amide bonds. The van der Waals surface area contributed by atoms with Crippen molar-refractivity contribution in [3.63, 3.8) is 0 Å². The standard InChI is InChI=1S/C27H29ClN2O4S/c1-19(21-13-12-20-8-6-7-9-22(20)16-21)29-27(31)18-30(25-17-23(28)14-15-26(25)34-2)35(32,33)24-10-4-3-5-11-24/h3-5,10-17,19H,6-9,18H2,1-2H3,(H,29,31)/t19-/m1/s1. The molecule has 0 heterocycles. The summed E-state index contributed by atoms with van der Waals surface area (Å²) in [7, 11) is -2.63. The topological polar surface area (TPSA) is 75.7 Å². The number of carbonyl (C=O) groups excluding carboxylic acids is 1. The molecule has 3 aromatic rings. The van der Waals surface area contributed by atoms with E-state index in [0.717, 1.165) is 22.7 Å². The van der Waals surface area contributed by atoms with Crippen LogP contribution < -0.4 is 14.4 Å². The predicted octanol–water partition coefficient (Wildman–Crippen LogP) is 5.30. The minimum Gasteiger partial charge on any atom is -0.495 e. The number of fused-ring (bicyclic) bond motifs is 1. The van der Waals surface area contributed by atoms with Gasteiger partial charge in [-0.05, 0) is 79.6 Å². The molecule has 0 fully saturated rings. The maximum atomic E-state index is 13.6. The minimum atomic E-state index is -4.08. The molecule has 4 rings (SSSR count). The first-order valence-electron chi connectivity index (χ1n) is 11.6. The molecule has 0 bridgehead atoms. The number of nitrogens with one attached hydrogen (secondary N) is 1. The van der Waals surface area contributed by atoms with Gasteiger partial charge in [0.05, 0.1) is 23.7 Å². The number of sulfonamides is 1. The van der Waals surface area contributed by atoms with Gasteiger partial charge in [-0.25, -0.2) is 8.42 Å². The van der Waals surface area contributed by atoms with Gasteiger partial charge < -0.3 is 10.1 Å². The van der Waals surface area contributed by atoms with Gasteiger partial charge in [0.2, 0.25) is 5.91 Å². The molecule has 0 radical (unpaired) electrons. The van der Waals surface area contributed by atoms with Crippen molar-refractivity contribution in [1.29, 1.82) is 0 Å². The largest absolute Gasteiger partial charge is 0.495 e. The molecule has 0 saturated heterocycles. The van der Waals surface area contributed by atoms with Crippen LogP contribution in [0.3, 0.4) is 0 Å². The van der Waals surface area contributed by atoms with E-state index in [1.165, 1.54) is 49.3 Å². The van der Waals surface area contributed by atoms with Crippen molar-refractivity contribution in [1.82, 2.24) is 5.32 Å². The first kappa shape index (κ1) is 25.1. The van der Waals surface area contributed by atoms with Crippen LogP contribution in [-0.2, 0) is 27.7 Å². The number of anilines is 1. The number of methoxy groups -OCH3 is 1. The van der Waals surface area contributed by atoms with Crippen molar-refractivity contribution in [2.45, 2.75) is 43.5 Å². The number of amides is 1. The van der Waals surface area contributed by atoms with E-state index in [4.69, 9.17) is 16.3 Å². The highest BCUT2D eigenvalue weighted by molar-refractivity contribution is 7.92. The lowest BCUT2D eigenvalue weighted by molar-refractivity contribution is -0.120. The summed E-state index contributed by atoms with van der Waals surface area (Å²) >= 11 is 6.20. The molecule has 35 heavy (non-hydrogen) atoms. The summed E-state index contributed by atoms with van der Waals surface area (Å²) < 4.78 is 33.7. The SMILES string of the molecule is COc1ccc(Cl)cc1N(CC(=O)N[C@H](C)c1ccc2c(c1)CCCC2)S(=O)(=O)c1ccccc1. The Labute approximate surface area is 211 Å². The van der Waals surface area contributed by atoms with Crippen molar-refractivity contribution in [3.05, 3.63) is 88.4 Å². The van der Waals surface area contributed by atoms with E-state index < -0.39 is 22.5 Å². The average molecular weight is 513 g/mol. The molecular weight excluding hydrogens is 484 g/mol. The Balaban J connectivity index is 1.62. The Hall–Kier alpha value is -3.03. The molecule has 1 N–H and O–H groups in total. The van der Waals surface area contributed by atoms with E-state index in [2.05, 4.69) is 17.4 Å².